The van der Waals surface area contributed by atoms with Gasteiger partial charge in [-0.05, 0) is 103 Å². The van der Waals surface area contributed by atoms with E-state index in [9.17, 15) is 44.1 Å². The summed E-state index contributed by atoms with van der Waals surface area (Å²) < 4.78 is 5.86. The molecule has 11 N–H and O–H groups in total. The summed E-state index contributed by atoms with van der Waals surface area (Å²) in [7, 11) is 0. The molecule has 0 spiro atoms. The van der Waals surface area contributed by atoms with Crippen LogP contribution in [0.15, 0.2) is 53.5 Å². The SMILES string of the molecule is C[C@]12CC[C@@H]3c4ccc(OCC(=O)N[C@@H](CCCN=C(N)N)C(=O)NCC(=O)N[C@H](CC(=O)O)C(=O)N[C@@H](Cc5ccccc5)C(=O)O)cc4CC[C@H]3[C@@H]1CC[C@@H]2O. The number of guanidine groups is 1. The summed E-state index contributed by atoms with van der Waals surface area (Å²) in [5.41, 5.74) is 13.9. The van der Waals surface area contributed by atoms with Crippen molar-refractivity contribution in [2.45, 2.75) is 101 Å². The molecular formula is C41H55N7O10. The lowest BCUT2D eigenvalue weighted by molar-refractivity contribution is -0.143. The van der Waals surface area contributed by atoms with Gasteiger partial charge in [-0.25, -0.2) is 4.79 Å². The molecule has 0 aromatic heterocycles. The minimum atomic E-state index is -1.66. The fraction of sp³-hybridized carbons (Fsp3) is 0.537. The number of carboxylic acid groups (broad SMARTS) is 2. The molecule has 314 valence electrons. The maximum absolute atomic E-state index is 13.3. The van der Waals surface area contributed by atoms with Gasteiger partial charge in [0, 0.05) is 13.0 Å². The number of aliphatic imine (C=N–C) groups is 1. The predicted octanol–water partition coefficient (Wildman–Crippen LogP) is 0.709. The number of aryl methyl sites for hydroxylation is 1. The number of nitrogens with two attached hydrogens (primary N) is 2. The summed E-state index contributed by atoms with van der Waals surface area (Å²) in [6.45, 7) is 1.32. The van der Waals surface area contributed by atoms with Gasteiger partial charge in [0.15, 0.2) is 12.6 Å². The molecule has 0 unspecified atom stereocenters. The van der Waals surface area contributed by atoms with Crippen LogP contribution in [0.2, 0.25) is 0 Å². The molecule has 0 bridgehead atoms. The zero-order valence-electron chi connectivity index (χ0n) is 32.7. The summed E-state index contributed by atoms with van der Waals surface area (Å²) in [5, 5.41) is 39.3. The second-order valence-electron chi connectivity index (χ2n) is 15.8. The summed E-state index contributed by atoms with van der Waals surface area (Å²) in [6, 6.07) is 10.2. The Bertz CT molecular complexity index is 1850. The van der Waals surface area contributed by atoms with Crippen molar-refractivity contribution in [3.8, 4) is 5.75 Å². The van der Waals surface area contributed by atoms with Crippen molar-refractivity contribution in [3.05, 3.63) is 65.2 Å². The number of benzene rings is 2. The van der Waals surface area contributed by atoms with Crippen LogP contribution in [0.3, 0.4) is 0 Å². The van der Waals surface area contributed by atoms with Crippen molar-refractivity contribution in [1.82, 2.24) is 21.3 Å². The molecule has 5 rings (SSSR count). The number of hydrogen-bond acceptors (Lipinski definition) is 9. The molecule has 2 fully saturated rings. The lowest BCUT2D eigenvalue weighted by atomic mass is 9.55. The number of fused-ring (bicyclic) bond motifs is 5. The van der Waals surface area contributed by atoms with Gasteiger partial charge in [-0.15, -0.1) is 0 Å². The molecule has 2 aromatic rings. The number of aliphatic carboxylic acids is 2. The van der Waals surface area contributed by atoms with Crippen LogP contribution >= 0.6 is 0 Å². The maximum atomic E-state index is 13.3. The molecule has 8 atom stereocenters. The number of nitrogens with one attached hydrogen (secondary N) is 4. The standard InChI is InChI=1S/C41H55N7O10/c1-41-16-15-27-26-12-10-25(19-24(26)9-11-28(27)29(41)13-14-33(41)49)58-22-35(51)46-30(8-5-17-44-40(42)43)37(54)45-21-34(50)47-31(20-36(52)53)38(55)48-32(39(56)57)18-23-6-3-2-4-7-23/h2-4,6-7,10,12,19,27-33,49H,5,8-9,11,13-18,20-22H2,1H3,(H,45,54)(H,46,51)(H,47,50)(H,48,55)(H,52,53)(H,56,57)(H4,42,43,44)/t27-,28-,29+,30+,31-,32+,33+,41+/m1/s1. The molecule has 0 radical (unpaired) electrons. The third kappa shape index (κ3) is 11.2. The number of rotatable bonds is 19. The van der Waals surface area contributed by atoms with E-state index in [0.29, 0.717) is 29.1 Å². The molecule has 17 nitrogen and oxygen atoms in total. The van der Waals surface area contributed by atoms with Crippen molar-refractivity contribution in [2.75, 3.05) is 19.7 Å². The van der Waals surface area contributed by atoms with E-state index >= 15 is 0 Å². The molecule has 2 saturated carbocycles. The van der Waals surface area contributed by atoms with Crippen molar-refractivity contribution in [3.63, 3.8) is 0 Å². The molecular weight excluding hydrogens is 750 g/mol. The van der Waals surface area contributed by atoms with Crippen LogP contribution < -0.4 is 37.5 Å². The van der Waals surface area contributed by atoms with Crippen LogP contribution in [0.5, 0.6) is 5.75 Å². The number of hydrogen-bond donors (Lipinski definition) is 9. The van der Waals surface area contributed by atoms with Crippen LogP contribution in [-0.4, -0.2) is 101 Å². The first-order valence-electron chi connectivity index (χ1n) is 19.8. The Labute approximate surface area is 336 Å². The minimum absolute atomic E-state index is 0.0115. The number of amides is 4. The molecule has 3 aliphatic rings. The number of aliphatic hydroxyl groups excluding tert-OH is 1. The molecule has 0 aliphatic heterocycles. The van der Waals surface area contributed by atoms with E-state index in [1.165, 1.54) is 11.1 Å². The summed E-state index contributed by atoms with van der Waals surface area (Å²) >= 11 is 0. The molecule has 58 heavy (non-hydrogen) atoms. The Kier molecular flexibility index (Phi) is 14.7. The zero-order valence-corrected chi connectivity index (χ0v) is 32.7. The van der Waals surface area contributed by atoms with Crippen molar-refractivity contribution in [2.24, 2.45) is 33.7 Å². The first-order chi connectivity index (χ1) is 27.6. The van der Waals surface area contributed by atoms with Crippen molar-refractivity contribution in [1.29, 1.82) is 0 Å². The average Bonchev–Trinajstić information content (AvgIpc) is 3.50. The normalized spacial score (nSPS) is 23.3. The van der Waals surface area contributed by atoms with E-state index in [2.05, 4.69) is 39.2 Å². The Balaban J connectivity index is 1.15. The van der Waals surface area contributed by atoms with Crippen molar-refractivity contribution < 1.29 is 48.8 Å². The molecule has 3 aliphatic carbocycles. The average molecular weight is 806 g/mol. The highest BCUT2D eigenvalue weighted by Crippen LogP contribution is 2.60. The highest BCUT2D eigenvalue weighted by atomic mass is 16.5. The molecule has 0 heterocycles. The minimum Gasteiger partial charge on any atom is -0.484 e. The molecule has 4 amide bonds. The van der Waals surface area contributed by atoms with Gasteiger partial charge in [-0.2, -0.15) is 0 Å². The number of ether oxygens (including phenoxy) is 1. The van der Waals surface area contributed by atoms with Gasteiger partial charge in [0.2, 0.25) is 17.7 Å². The molecule has 2 aromatic carbocycles. The second-order valence-corrected chi connectivity index (χ2v) is 15.8. The summed E-state index contributed by atoms with van der Waals surface area (Å²) in [5.74, 6) is -4.26. The van der Waals surface area contributed by atoms with E-state index < -0.39 is 73.3 Å². The predicted molar refractivity (Wildman–Crippen MR) is 211 cm³/mol. The fourth-order valence-corrected chi connectivity index (χ4v) is 9.02. The van der Waals surface area contributed by atoms with Crippen LogP contribution in [0.1, 0.15) is 80.9 Å². The van der Waals surface area contributed by atoms with Crippen LogP contribution in [0, 0.1) is 17.3 Å². The Morgan fingerprint density at radius 3 is 2.34 bits per heavy atom. The summed E-state index contributed by atoms with van der Waals surface area (Å²) in [4.78, 5) is 79.6. The Hall–Kier alpha value is -5.71. The quantitative estimate of drug-likeness (QED) is 0.0539. The van der Waals surface area contributed by atoms with E-state index in [4.69, 9.17) is 16.2 Å². The highest BCUT2D eigenvalue weighted by Gasteiger charge is 2.54. The van der Waals surface area contributed by atoms with Gasteiger partial charge < -0.3 is 52.8 Å². The Morgan fingerprint density at radius 2 is 1.64 bits per heavy atom. The Morgan fingerprint density at radius 1 is 0.897 bits per heavy atom. The number of nitrogens with zero attached hydrogens (tertiary/aromatic N) is 1. The topological polar surface area (TPSA) is 285 Å². The first-order valence-corrected chi connectivity index (χ1v) is 19.8. The second kappa shape index (κ2) is 19.6. The number of carboxylic acids is 2. The highest BCUT2D eigenvalue weighted by molar-refractivity contribution is 5.95. The molecule has 0 saturated heterocycles. The van der Waals surface area contributed by atoms with Gasteiger partial charge in [-0.1, -0.05) is 43.3 Å². The maximum Gasteiger partial charge on any atom is 0.326 e. The van der Waals surface area contributed by atoms with E-state index in [-0.39, 0.29) is 43.3 Å². The lowest BCUT2D eigenvalue weighted by Crippen LogP contribution is -2.55. The lowest BCUT2D eigenvalue weighted by Gasteiger charge is -2.50. The molecule has 17 heteroatoms. The fourth-order valence-electron chi connectivity index (χ4n) is 9.02. The zero-order chi connectivity index (χ0) is 42.0. The van der Waals surface area contributed by atoms with Crippen LogP contribution in [0.25, 0.3) is 0 Å². The van der Waals surface area contributed by atoms with Crippen molar-refractivity contribution >= 4 is 41.5 Å². The van der Waals surface area contributed by atoms with Gasteiger partial charge in [-0.3, -0.25) is 29.0 Å². The van der Waals surface area contributed by atoms with E-state index in [0.717, 1.165) is 38.5 Å². The van der Waals surface area contributed by atoms with Crippen LogP contribution in [-0.2, 0) is 41.6 Å². The number of carbonyl (C=O) groups is 6. The first kappa shape index (κ1) is 43.4. The van der Waals surface area contributed by atoms with Gasteiger partial charge in [0.1, 0.15) is 23.9 Å². The summed E-state index contributed by atoms with van der Waals surface area (Å²) in [6.07, 6.45) is 5.05. The number of aliphatic hydroxyl groups is 1. The van der Waals surface area contributed by atoms with Crippen LogP contribution in [0.4, 0.5) is 0 Å². The smallest absolute Gasteiger partial charge is 0.326 e. The number of carbonyl (C=O) groups excluding carboxylic acids is 4. The van der Waals surface area contributed by atoms with Gasteiger partial charge in [0.25, 0.3) is 5.91 Å². The monoisotopic (exact) mass is 805 g/mol. The third-order valence-electron chi connectivity index (χ3n) is 12.0. The van der Waals surface area contributed by atoms with Gasteiger partial charge in [0.05, 0.1) is 19.1 Å². The van der Waals surface area contributed by atoms with Gasteiger partial charge >= 0.3 is 11.9 Å². The largest absolute Gasteiger partial charge is 0.484 e. The van der Waals surface area contributed by atoms with E-state index in [1.807, 2.05) is 12.1 Å². The third-order valence-corrected chi connectivity index (χ3v) is 12.0. The van der Waals surface area contributed by atoms with E-state index in [1.54, 1.807) is 30.3 Å².